The summed E-state index contributed by atoms with van der Waals surface area (Å²) in [5.41, 5.74) is 0.918. The summed E-state index contributed by atoms with van der Waals surface area (Å²) in [7, 11) is 0. The van der Waals surface area contributed by atoms with Crippen molar-refractivity contribution in [1.82, 2.24) is 4.98 Å². The van der Waals surface area contributed by atoms with Crippen molar-refractivity contribution >= 4 is 17.3 Å². The SMILES string of the molecule is O=C(O)c1cc(F)ccc1Nc1ccncc1. The minimum Gasteiger partial charge on any atom is -0.478 e. The molecule has 0 spiro atoms. The fourth-order valence-electron chi connectivity index (χ4n) is 1.39. The molecule has 0 aliphatic carbocycles. The van der Waals surface area contributed by atoms with Crippen LogP contribution in [-0.2, 0) is 0 Å². The number of carbonyl (C=O) groups is 1. The van der Waals surface area contributed by atoms with Crippen LogP contribution in [0.25, 0.3) is 0 Å². The van der Waals surface area contributed by atoms with Crippen molar-refractivity contribution in [2.24, 2.45) is 0 Å². The number of pyridine rings is 1. The van der Waals surface area contributed by atoms with Gasteiger partial charge in [-0.25, -0.2) is 9.18 Å². The van der Waals surface area contributed by atoms with Crippen molar-refractivity contribution in [3.8, 4) is 0 Å². The van der Waals surface area contributed by atoms with Gasteiger partial charge in [-0.15, -0.1) is 0 Å². The number of benzene rings is 1. The molecular weight excluding hydrogens is 223 g/mol. The van der Waals surface area contributed by atoms with Crippen LogP contribution in [0.15, 0.2) is 42.7 Å². The molecule has 86 valence electrons. The Morgan fingerprint density at radius 3 is 2.59 bits per heavy atom. The summed E-state index contributed by atoms with van der Waals surface area (Å²) < 4.78 is 12.9. The van der Waals surface area contributed by atoms with E-state index in [-0.39, 0.29) is 5.56 Å². The zero-order valence-corrected chi connectivity index (χ0v) is 8.72. The fourth-order valence-corrected chi connectivity index (χ4v) is 1.39. The maximum absolute atomic E-state index is 12.9. The van der Waals surface area contributed by atoms with Gasteiger partial charge in [-0.2, -0.15) is 0 Å². The van der Waals surface area contributed by atoms with Gasteiger partial charge in [0.15, 0.2) is 0 Å². The molecule has 1 aromatic carbocycles. The molecule has 0 bridgehead atoms. The molecule has 17 heavy (non-hydrogen) atoms. The van der Waals surface area contributed by atoms with Crippen LogP contribution in [0, 0.1) is 5.82 Å². The molecule has 5 heteroatoms. The van der Waals surface area contributed by atoms with E-state index in [1.54, 1.807) is 24.5 Å². The largest absolute Gasteiger partial charge is 0.478 e. The number of nitrogens with zero attached hydrogens (tertiary/aromatic N) is 1. The van der Waals surface area contributed by atoms with E-state index in [1.807, 2.05) is 0 Å². The summed E-state index contributed by atoms with van der Waals surface area (Å²) >= 11 is 0. The van der Waals surface area contributed by atoms with Crippen LogP contribution in [0.2, 0.25) is 0 Å². The van der Waals surface area contributed by atoms with Crippen LogP contribution in [-0.4, -0.2) is 16.1 Å². The number of hydrogen-bond acceptors (Lipinski definition) is 3. The Kier molecular flexibility index (Phi) is 3.00. The molecule has 4 nitrogen and oxygen atoms in total. The van der Waals surface area contributed by atoms with Crippen molar-refractivity contribution in [2.45, 2.75) is 0 Å². The third-order valence-electron chi connectivity index (χ3n) is 2.17. The molecule has 0 atom stereocenters. The zero-order chi connectivity index (χ0) is 12.3. The number of aromatic nitrogens is 1. The van der Waals surface area contributed by atoms with E-state index in [0.29, 0.717) is 11.4 Å². The summed E-state index contributed by atoms with van der Waals surface area (Å²) in [4.78, 5) is 14.8. The summed E-state index contributed by atoms with van der Waals surface area (Å²) in [5, 5.41) is 11.8. The molecule has 2 aromatic rings. The van der Waals surface area contributed by atoms with Gasteiger partial charge >= 0.3 is 5.97 Å². The molecule has 0 unspecified atom stereocenters. The highest BCUT2D eigenvalue weighted by Gasteiger charge is 2.11. The highest BCUT2D eigenvalue weighted by molar-refractivity contribution is 5.95. The summed E-state index contributed by atoms with van der Waals surface area (Å²) in [5.74, 6) is -1.76. The van der Waals surface area contributed by atoms with Gasteiger partial charge in [0.1, 0.15) is 5.82 Å². The number of rotatable bonds is 3. The van der Waals surface area contributed by atoms with E-state index in [1.165, 1.54) is 12.1 Å². The second-order valence-corrected chi connectivity index (χ2v) is 3.36. The first kappa shape index (κ1) is 11.1. The lowest BCUT2D eigenvalue weighted by Crippen LogP contribution is -2.03. The first-order valence-electron chi connectivity index (χ1n) is 4.87. The van der Waals surface area contributed by atoms with Crippen LogP contribution in [0.1, 0.15) is 10.4 Å². The molecule has 0 amide bonds. The van der Waals surface area contributed by atoms with E-state index in [9.17, 15) is 9.18 Å². The smallest absolute Gasteiger partial charge is 0.337 e. The summed E-state index contributed by atoms with van der Waals surface area (Å²) in [6.07, 6.45) is 3.15. The predicted octanol–water partition coefficient (Wildman–Crippen LogP) is 2.66. The van der Waals surface area contributed by atoms with Gasteiger partial charge in [0.05, 0.1) is 11.3 Å². The number of nitrogens with one attached hydrogen (secondary N) is 1. The number of carboxylic acids is 1. The van der Waals surface area contributed by atoms with Gasteiger partial charge in [-0.1, -0.05) is 0 Å². The monoisotopic (exact) mass is 232 g/mol. The Morgan fingerprint density at radius 2 is 1.94 bits per heavy atom. The minimum absolute atomic E-state index is 0.109. The Labute approximate surface area is 96.7 Å². The Balaban J connectivity index is 2.36. The van der Waals surface area contributed by atoms with E-state index < -0.39 is 11.8 Å². The first-order valence-corrected chi connectivity index (χ1v) is 4.87. The molecule has 0 saturated carbocycles. The van der Waals surface area contributed by atoms with E-state index in [0.717, 1.165) is 6.07 Å². The lowest BCUT2D eigenvalue weighted by Gasteiger charge is -2.09. The van der Waals surface area contributed by atoms with Crippen LogP contribution >= 0.6 is 0 Å². The molecule has 0 aliphatic rings. The second-order valence-electron chi connectivity index (χ2n) is 3.36. The Bertz CT molecular complexity index is 543. The van der Waals surface area contributed by atoms with Crippen molar-refractivity contribution in [1.29, 1.82) is 0 Å². The number of anilines is 2. The topological polar surface area (TPSA) is 62.2 Å². The first-order chi connectivity index (χ1) is 8.16. The quantitative estimate of drug-likeness (QED) is 0.853. The number of hydrogen-bond donors (Lipinski definition) is 2. The van der Waals surface area contributed by atoms with E-state index in [2.05, 4.69) is 10.3 Å². The Hall–Kier alpha value is -2.43. The number of aromatic carboxylic acids is 1. The molecule has 1 aromatic heterocycles. The normalized spacial score (nSPS) is 9.94. The van der Waals surface area contributed by atoms with E-state index >= 15 is 0 Å². The highest BCUT2D eigenvalue weighted by Crippen LogP contribution is 2.21. The molecule has 0 fully saturated rings. The lowest BCUT2D eigenvalue weighted by atomic mass is 10.1. The molecular formula is C12H9FN2O2. The van der Waals surface area contributed by atoms with Gasteiger partial charge in [-0.3, -0.25) is 4.98 Å². The van der Waals surface area contributed by atoms with Crippen molar-refractivity contribution in [3.05, 3.63) is 54.1 Å². The van der Waals surface area contributed by atoms with Crippen molar-refractivity contribution < 1.29 is 14.3 Å². The Morgan fingerprint density at radius 1 is 1.24 bits per heavy atom. The fraction of sp³-hybridized carbons (Fsp3) is 0. The molecule has 0 radical (unpaired) electrons. The summed E-state index contributed by atoms with van der Waals surface area (Å²) in [6, 6.07) is 6.95. The lowest BCUT2D eigenvalue weighted by molar-refractivity contribution is 0.0697. The number of halogens is 1. The predicted molar refractivity (Wildman–Crippen MR) is 60.9 cm³/mol. The third kappa shape index (κ3) is 2.57. The minimum atomic E-state index is -1.18. The second kappa shape index (κ2) is 4.61. The van der Waals surface area contributed by atoms with Gasteiger partial charge in [0.2, 0.25) is 0 Å². The number of carboxylic acid groups (broad SMARTS) is 1. The molecule has 0 aliphatic heterocycles. The van der Waals surface area contributed by atoms with Gasteiger partial charge in [0.25, 0.3) is 0 Å². The standard InChI is InChI=1S/C12H9FN2O2/c13-8-1-2-11(10(7-8)12(16)17)15-9-3-5-14-6-4-9/h1-7H,(H,14,15)(H,16,17). The summed E-state index contributed by atoms with van der Waals surface area (Å²) in [6.45, 7) is 0. The van der Waals surface area contributed by atoms with Gasteiger partial charge < -0.3 is 10.4 Å². The van der Waals surface area contributed by atoms with Crippen LogP contribution in [0.4, 0.5) is 15.8 Å². The average Bonchev–Trinajstić information content (AvgIpc) is 2.32. The zero-order valence-electron chi connectivity index (χ0n) is 8.72. The van der Waals surface area contributed by atoms with Gasteiger partial charge in [-0.05, 0) is 30.3 Å². The van der Waals surface area contributed by atoms with Crippen molar-refractivity contribution in [3.63, 3.8) is 0 Å². The molecule has 0 saturated heterocycles. The van der Waals surface area contributed by atoms with Crippen molar-refractivity contribution in [2.75, 3.05) is 5.32 Å². The van der Waals surface area contributed by atoms with Gasteiger partial charge in [0, 0.05) is 18.1 Å². The van der Waals surface area contributed by atoms with E-state index in [4.69, 9.17) is 5.11 Å². The highest BCUT2D eigenvalue weighted by atomic mass is 19.1. The molecule has 1 heterocycles. The third-order valence-corrected chi connectivity index (χ3v) is 2.17. The molecule has 2 rings (SSSR count). The van der Waals surface area contributed by atoms with Crippen LogP contribution < -0.4 is 5.32 Å². The maximum Gasteiger partial charge on any atom is 0.337 e. The van der Waals surface area contributed by atoms with Crippen LogP contribution in [0.3, 0.4) is 0 Å². The van der Waals surface area contributed by atoms with Crippen LogP contribution in [0.5, 0.6) is 0 Å². The average molecular weight is 232 g/mol. The molecule has 2 N–H and O–H groups in total. The maximum atomic E-state index is 12.9.